The summed E-state index contributed by atoms with van der Waals surface area (Å²) in [6.45, 7) is 7.09. The Bertz CT molecular complexity index is 1070. The third-order valence-electron chi connectivity index (χ3n) is 5.23. The molecule has 0 unspecified atom stereocenters. The number of hydrogen-bond acceptors (Lipinski definition) is 4. The molecule has 4 rings (SSSR count). The first kappa shape index (κ1) is 18.7. The highest BCUT2D eigenvalue weighted by Crippen LogP contribution is 2.32. The average Bonchev–Trinajstić information content (AvgIpc) is 3.27. The fourth-order valence-electron chi connectivity index (χ4n) is 3.78. The van der Waals surface area contributed by atoms with Crippen LogP contribution in [0.5, 0.6) is 0 Å². The minimum Gasteiger partial charge on any atom is -0.319 e. The summed E-state index contributed by atoms with van der Waals surface area (Å²) in [6.07, 6.45) is 0.795. The van der Waals surface area contributed by atoms with Gasteiger partial charge in [-0.3, -0.25) is 9.59 Å². The maximum absolute atomic E-state index is 13.0. The maximum atomic E-state index is 13.0. The van der Waals surface area contributed by atoms with Crippen LogP contribution in [0, 0.1) is 0 Å². The number of imidazole rings is 1. The van der Waals surface area contributed by atoms with Gasteiger partial charge < -0.3 is 9.47 Å². The van der Waals surface area contributed by atoms with E-state index < -0.39 is 0 Å². The molecular weight excluding hydrogens is 370 g/mol. The largest absolute Gasteiger partial charge is 0.319 e. The number of ketones is 1. The van der Waals surface area contributed by atoms with E-state index in [9.17, 15) is 9.59 Å². The third kappa shape index (κ3) is 3.22. The SMILES string of the molecule is CCn1c(S[C@@H](C)C(=O)c2ccc3c(c2)CCN3C(C)=O)nc2ccccc21. The molecule has 28 heavy (non-hydrogen) atoms. The molecule has 0 aliphatic carbocycles. The summed E-state index contributed by atoms with van der Waals surface area (Å²) in [7, 11) is 0. The zero-order chi connectivity index (χ0) is 19.8. The summed E-state index contributed by atoms with van der Waals surface area (Å²) in [5, 5.41) is 0.624. The van der Waals surface area contributed by atoms with Gasteiger partial charge in [-0.2, -0.15) is 0 Å². The molecule has 0 radical (unpaired) electrons. The van der Waals surface area contributed by atoms with Crippen molar-refractivity contribution in [3.63, 3.8) is 0 Å². The number of thioether (sulfide) groups is 1. The molecule has 0 fully saturated rings. The van der Waals surface area contributed by atoms with Gasteiger partial charge in [0, 0.05) is 31.3 Å². The van der Waals surface area contributed by atoms with E-state index in [1.165, 1.54) is 11.8 Å². The van der Waals surface area contributed by atoms with E-state index in [0.29, 0.717) is 12.1 Å². The molecule has 0 N–H and O–H groups in total. The number of rotatable bonds is 5. The molecule has 0 bridgehead atoms. The molecule has 3 aromatic rings. The van der Waals surface area contributed by atoms with Crippen molar-refractivity contribution in [3.05, 3.63) is 53.6 Å². The van der Waals surface area contributed by atoms with Gasteiger partial charge >= 0.3 is 0 Å². The van der Waals surface area contributed by atoms with Crippen LogP contribution in [-0.2, 0) is 17.8 Å². The first-order chi connectivity index (χ1) is 13.5. The molecule has 2 heterocycles. The van der Waals surface area contributed by atoms with Crippen molar-refractivity contribution in [2.24, 2.45) is 0 Å². The number of anilines is 1. The van der Waals surface area contributed by atoms with Crippen molar-refractivity contribution in [1.29, 1.82) is 0 Å². The highest BCUT2D eigenvalue weighted by Gasteiger charge is 2.25. The third-order valence-corrected chi connectivity index (χ3v) is 6.32. The smallest absolute Gasteiger partial charge is 0.223 e. The van der Waals surface area contributed by atoms with E-state index in [2.05, 4.69) is 17.6 Å². The Morgan fingerprint density at radius 2 is 2.00 bits per heavy atom. The Kier molecular flexibility index (Phi) is 4.98. The Hall–Kier alpha value is -2.60. The van der Waals surface area contributed by atoms with E-state index in [-0.39, 0.29) is 16.9 Å². The molecule has 1 atom stereocenters. The van der Waals surface area contributed by atoms with E-state index in [4.69, 9.17) is 4.98 Å². The van der Waals surface area contributed by atoms with Gasteiger partial charge in [-0.25, -0.2) is 4.98 Å². The van der Waals surface area contributed by atoms with Crippen LogP contribution in [0.25, 0.3) is 11.0 Å². The number of carbonyl (C=O) groups is 2. The molecule has 1 aromatic heterocycles. The van der Waals surface area contributed by atoms with Crippen LogP contribution >= 0.6 is 11.8 Å². The average molecular weight is 394 g/mol. The number of amides is 1. The Balaban J connectivity index is 1.57. The summed E-state index contributed by atoms with van der Waals surface area (Å²) in [5.74, 6) is 0.129. The molecule has 5 nitrogen and oxygen atoms in total. The van der Waals surface area contributed by atoms with Crippen LogP contribution < -0.4 is 4.90 Å². The number of fused-ring (bicyclic) bond motifs is 2. The van der Waals surface area contributed by atoms with Crippen LogP contribution in [-0.4, -0.2) is 33.0 Å². The number of aromatic nitrogens is 2. The Morgan fingerprint density at radius 3 is 2.75 bits per heavy atom. The van der Waals surface area contributed by atoms with Gasteiger partial charge in [0.05, 0.1) is 16.3 Å². The summed E-state index contributed by atoms with van der Waals surface area (Å²) in [6, 6.07) is 13.7. The number of Topliss-reactive ketones (excluding diaryl/α,β-unsaturated/α-hetero) is 1. The number of benzene rings is 2. The van der Waals surface area contributed by atoms with E-state index in [1.807, 2.05) is 43.3 Å². The van der Waals surface area contributed by atoms with Gasteiger partial charge in [-0.15, -0.1) is 0 Å². The van der Waals surface area contributed by atoms with Crippen molar-refractivity contribution in [2.45, 2.75) is 44.1 Å². The van der Waals surface area contributed by atoms with E-state index in [0.717, 1.165) is 40.4 Å². The monoisotopic (exact) mass is 393 g/mol. The number of hydrogen-bond donors (Lipinski definition) is 0. The highest BCUT2D eigenvalue weighted by molar-refractivity contribution is 8.00. The van der Waals surface area contributed by atoms with E-state index in [1.54, 1.807) is 11.8 Å². The molecule has 1 aliphatic rings. The zero-order valence-electron chi connectivity index (χ0n) is 16.3. The van der Waals surface area contributed by atoms with Crippen molar-refractivity contribution < 1.29 is 9.59 Å². The van der Waals surface area contributed by atoms with E-state index >= 15 is 0 Å². The second kappa shape index (κ2) is 7.43. The topological polar surface area (TPSA) is 55.2 Å². The quantitative estimate of drug-likeness (QED) is 0.478. The molecule has 0 saturated carbocycles. The van der Waals surface area contributed by atoms with Crippen molar-refractivity contribution >= 4 is 40.2 Å². The molecule has 6 heteroatoms. The number of carbonyl (C=O) groups excluding carboxylic acids is 2. The van der Waals surface area contributed by atoms with Gasteiger partial charge in [0.15, 0.2) is 10.9 Å². The van der Waals surface area contributed by atoms with Crippen molar-refractivity contribution in [3.8, 4) is 0 Å². The predicted octanol–water partition coefficient (Wildman–Crippen LogP) is 4.33. The van der Waals surface area contributed by atoms with Gasteiger partial charge in [-0.1, -0.05) is 23.9 Å². The number of nitrogens with zero attached hydrogens (tertiary/aromatic N) is 3. The zero-order valence-corrected chi connectivity index (χ0v) is 17.1. The molecule has 1 aliphatic heterocycles. The molecule has 144 valence electrons. The van der Waals surface area contributed by atoms with Crippen molar-refractivity contribution in [1.82, 2.24) is 9.55 Å². The summed E-state index contributed by atoms with van der Waals surface area (Å²) in [4.78, 5) is 31.2. The fraction of sp³-hybridized carbons (Fsp3) is 0.318. The lowest BCUT2D eigenvalue weighted by Gasteiger charge is -2.15. The van der Waals surface area contributed by atoms with Crippen LogP contribution in [0.3, 0.4) is 0 Å². The number of aryl methyl sites for hydroxylation is 1. The van der Waals surface area contributed by atoms with Crippen LogP contribution in [0.2, 0.25) is 0 Å². The lowest BCUT2D eigenvalue weighted by molar-refractivity contribution is -0.116. The van der Waals surface area contributed by atoms with Crippen molar-refractivity contribution in [2.75, 3.05) is 11.4 Å². The maximum Gasteiger partial charge on any atom is 0.223 e. The second-order valence-corrected chi connectivity index (χ2v) is 8.32. The lowest BCUT2D eigenvalue weighted by Crippen LogP contribution is -2.25. The molecule has 1 amide bonds. The predicted molar refractivity (Wildman–Crippen MR) is 113 cm³/mol. The van der Waals surface area contributed by atoms with Gasteiger partial charge in [0.25, 0.3) is 0 Å². The second-order valence-electron chi connectivity index (χ2n) is 7.02. The molecule has 2 aromatic carbocycles. The summed E-state index contributed by atoms with van der Waals surface area (Å²) in [5.41, 5.74) is 4.74. The highest BCUT2D eigenvalue weighted by atomic mass is 32.2. The minimum absolute atomic E-state index is 0.0419. The fourth-order valence-corrected chi connectivity index (χ4v) is 4.84. The lowest BCUT2D eigenvalue weighted by atomic mass is 10.0. The first-order valence-electron chi connectivity index (χ1n) is 9.56. The van der Waals surface area contributed by atoms with Crippen LogP contribution in [0.15, 0.2) is 47.6 Å². The molecule has 0 saturated heterocycles. The van der Waals surface area contributed by atoms with Crippen LogP contribution in [0.4, 0.5) is 5.69 Å². The van der Waals surface area contributed by atoms with Gasteiger partial charge in [0.2, 0.25) is 5.91 Å². The Morgan fingerprint density at radius 1 is 1.21 bits per heavy atom. The minimum atomic E-state index is -0.245. The van der Waals surface area contributed by atoms with Crippen LogP contribution in [0.1, 0.15) is 36.7 Å². The standard InChI is InChI=1S/C22H23N3O2S/c1-4-24-20-8-6-5-7-18(20)23-22(24)28-14(2)21(27)17-9-10-19-16(13-17)11-12-25(19)15(3)26/h5-10,13-14H,4,11-12H2,1-3H3/t14-/m0/s1. The summed E-state index contributed by atoms with van der Waals surface area (Å²) >= 11 is 1.50. The molecular formula is C22H23N3O2S. The number of para-hydroxylation sites is 2. The molecule has 0 spiro atoms. The van der Waals surface area contributed by atoms with Gasteiger partial charge in [-0.05, 0) is 56.2 Å². The summed E-state index contributed by atoms with van der Waals surface area (Å²) < 4.78 is 2.15. The first-order valence-corrected chi connectivity index (χ1v) is 10.4. The van der Waals surface area contributed by atoms with Gasteiger partial charge in [0.1, 0.15) is 0 Å². The Labute approximate surface area is 168 Å². The normalized spacial score (nSPS) is 14.3.